The lowest BCUT2D eigenvalue weighted by atomic mass is 10.1. The van der Waals surface area contributed by atoms with Crippen LogP contribution in [0.2, 0.25) is 0 Å². The van der Waals surface area contributed by atoms with E-state index in [0.29, 0.717) is 0 Å². The lowest BCUT2D eigenvalue weighted by Crippen LogP contribution is -2.19. The van der Waals surface area contributed by atoms with Gasteiger partial charge in [0.15, 0.2) is 0 Å². The molecule has 1 N–H and O–H groups in total. The first kappa shape index (κ1) is 11.4. The van der Waals surface area contributed by atoms with Crippen molar-refractivity contribution in [3.8, 4) is 0 Å². The topological polar surface area (TPSA) is 38.1 Å². The predicted molar refractivity (Wildman–Crippen MR) is 65.8 cm³/mol. The van der Waals surface area contributed by atoms with Crippen molar-refractivity contribution >= 4 is 11.3 Å². The summed E-state index contributed by atoms with van der Waals surface area (Å²) < 4.78 is 5.51. The number of nitrogens with one attached hydrogen (secondary N) is 1. The fourth-order valence-corrected chi connectivity index (χ4v) is 2.40. The Kier molecular flexibility index (Phi) is 3.41. The molecule has 0 amide bonds. The van der Waals surface area contributed by atoms with Crippen molar-refractivity contribution in [2.75, 3.05) is 7.05 Å². The maximum atomic E-state index is 5.51. The number of aromatic nitrogens is 1. The van der Waals surface area contributed by atoms with Gasteiger partial charge in [0.2, 0.25) is 0 Å². The van der Waals surface area contributed by atoms with Crippen molar-refractivity contribution in [3.63, 3.8) is 0 Å². The normalized spacial score (nSPS) is 12.9. The number of rotatable bonds is 4. The summed E-state index contributed by atoms with van der Waals surface area (Å²) in [5.41, 5.74) is 2.31. The van der Waals surface area contributed by atoms with Gasteiger partial charge in [0.1, 0.15) is 5.76 Å². The molecular weight excluding hydrogens is 220 g/mol. The summed E-state index contributed by atoms with van der Waals surface area (Å²) in [6.45, 7) is 4.09. The molecule has 0 aromatic carbocycles. The van der Waals surface area contributed by atoms with Crippen LogP contribution in [0.15, 0.2) is 22.1 Å². The van der Waals surface area contributed by atoms with Crippen LogP contribution in [0, 0.1) is 13.8 Å². The Morgan fingerprint density at radius 3 is 2.81 bits per heavy atom. The minimum absolute atomic E-state index is 0.205. The zero-order valence-corrected chi connectivity index (χ0v) is 10.6. The van der Waals surface area contributed by atoms with Crippen LogP contribution in [0.4, 0.5) is 0 Å². The first-order valence-electron chi connectivity index (χ1n) is 5.33. The predicted octanol–water partition coefficient (Wildman–Crippen LogP) is 2.86. The van der Waals surface area contributed by atoms with E-state index in [4.69, 9.17) is 4.42 Å². The summed E-state index contributed by atoms with van der Waals surface area (Å²) in [5.74, 6) is 1.01. The Bertz CT molecular complexity index is 461. The third kappa shape index (κ3) is 2.33. The molecule has 2 aromatic rings. The summed E-state index contributed by atoms with van der Waals surface area (Å²) >= 11 is 1.69. The van der Waals surface area contributed by atoms with Gasteiger partial charge in [-0.3, -0.25) is 0 Å². The molecule has 16 heavy (non-hydrogen) atoms. The second-order valence-electron chi connectivity index (χ2n) is 3.87. The van der Waals surface area contributed by atoms with Crippen LogP contribution in [0.5, 0.6) is 0 Å². The summed E-state index contributed by atoms with van der Waals surface area (Å²) in [6.07, 6.45) is 2.61. The number of nitrogens with zero attached hydrogens (tertiary/aromatic N) is 1. The Morgan fingerprint density at radius 2 is 2.31 bits per heavy atom. The van der Waals surface area contributed by atoms with Crippen molar-refractivity contribution in [2.45, 2.75) is 26.3 Å². The van der Waals surface area contributed by atoms with E-state index in [1.54, 1.807) is 17.6 Å². The monoisotopic (exact) mass is 236 g/mol. The third-order valence-electron chi connectivity index (χ3n) is 2.65. The van der Waals surface area contributed by atoms with E-state index in [1.807, 2.05) is 20.0 Å². The molecule has 0 saturated heterocycles. The maximum absolute atomic E-state index is 5.51. The minimum Gasteiger partial charge on any atom is -0.467 e. The number of aryl methyl sites for hydroxylation is 2. The van der Waals surface area contributed by atoms with Crippen LogP contribution in [-0.4, -0.2) is 12.0 Å². The fraction of sp³-hybridized carbons (Fsp3) is 0.417. The van der Waals surface area contributed by atoms with Crippen molar-refractivity contribution in [2.24, 2.45) is 0 Å². The molecule has 1 atom stereocenters. The van der Waals surface area contributed by atoms with E-state index in [9.17, 15) is 0 Å². The van der Waals surface area contributed by atoms with Gasteiger partial charge in [0.05, 0.1) is 23.0 Å². The van der Waals surface area contributed by atoms with E-state index < -0.39 is 0 Å². The second kappa shape index (κ2) is 4.80. The van der Waals surface area contributed by atoms with Crippen LogP contribution in [0.3, 0.4) is 0 Å². The van der Waals surface area contributed by atoms with Gasteiger partial charge in [-0.05, 0) is 32.5 Å². The fourth-order valence-electron chi connectivity index (χ4n) is 1.78. The highest BCUT2D eigenvalue weighted by Crippen LogP contribution is 2.22. The first-order valence-corrected chi connectivity index (χ1v) is 6.21. The molecule has 2 heterocycles. The standard InChI is InChI=1S/C12H16N2OS/c1-8-4-5-15-12(8)11(13-3)6-10-7-16-9(2)14-10/h4-5,7,11,13H,6H2,1-3H3. The molecule has 0 saturated carbocycles. The van der Waals surface area contributed by atoms with Gasteiger partial charge in [-0.15, -0.1) is 11.3 Å². The van der Waals surface area contributed by atoms with Crippen LogP contribution >= 0.6 is 11.3 Å². The van der Waals surface area contributed by atoms with Crippen molar-refractivity contribution < 1.29 is 4.42 Å². The number of thiazole rings is 1. The van der Waals surface area contributed by atoms with E-state index in [-0.39, 0.29) is 6.04 Å². The quantitative estimate of drug-likeness (QED) is 0.887. The number of furan rings is 1. The van der Waals surface area contributed by atoms with E-state index in [1.165, 1.54) is 5.56 Å². The van der Waals surface area contributed by atoms with Crippen LogP contribution in [0.25, 0.3) is 0 Å². The van der Waals surface area contributed by atoms with Gasteiger partial charge >= 0.3 is 0 Å². The molecule has 2 aromatic heterocycles. The SMILES string of the molecule is CNC(Cc1csc(C)n1)c1occc1C. The molecule has 0 aliphatic heterocycles. The number of hydrogen-bond donors (Lipinski definition) is 1. The average Bonchev–Trinajstić information content (AvgIpc) is 2.84. The van der Waals surface area contributed by atoms with E-state index in [0.717, 1.165) is 22.9 Å². The molecule has 2 rings (SSSR count). The molecule has 0 radical (unpaired) electrons. The van der Waals surface area contributed by atoms with Crippen molar-refractivity contribution in [1.82, 2.24) is 10.3 Å². The highest BCUT2D eigenvalue weighted by atomic mass is 32.1. The maximum Gasteiger partial charge on any atom is 0.123 e. The zero-order chi connectivity index (χ0) is 11.5. The molecule has 0 spiro atoms. The van der Waals surface area contributed by atoms with Gasteiger partial charge in [-0.25, -0.2) is 4.98 Å². The Morgan fingerprint density at radius 1 is 1.50 bits per heavy atom. The summed E-state index contributed by atoms with van der Waals surface area (Å²) in [7, 11) is 1.95. The first-order chi connectivity index (χ1) is 7.70. The van der Waals surface area contributed by atoms with Gasteiger partial charge in [0, 0.05) is 11.8 Å². The van der Waals surface area contributed by atoms with Gasteiger partial charge in [-0.2, -0.15) is 0 Å². The smallest absolute Gasteiger partial charge is 0.123 e. The molecule has 0 bridgehead atoms. The van der Waals surface area contributed by atoms with Crippen LogP contribution < -0.4 is 5.32 Å². The van der Waals surface area contributed by atoms with Crippen LogP contribution in [0.1, 0.15) is 28.1 Å². The lowest BCUT2D eigenvalue weighted by Gasteiger charge is -2.13. The molecule has 0 fully saturated rings. The molecule has 0 aliphatic rings. The van der Waals surface area contributed by atoms with Gasteiger partial charge in [-0.1, -0.05) is 0 Å². The highest BCUT2D eigenvalue weighted by molar-refractivity contribution is 7.09. The summed E-state index contributed by atoms with van der Waals surface area (Å²) in [4.78, 5) is 4.47. The third-order valence-corrected chi connectivity index (χ3v) is 3.47. The van der Waals surface area contributed by atoms with Gasteiger partial charge in [0.25, 0.3) is 0 Å². The lowest BCUT2D eigenvalue weighted by molar-refractivity contribution is 0.425. The van der Waals surface area contributed by atoms with Crippen molar-refractivity contribution in [1.29, 1.82) is 0 Å². The van der Waals surface area contributed by atoms with Crippen LogP contribution in [-0.2, 0) is 6.42 Å². The van der Waals surface area contributed by atoms with E-state index >= 15 is 0 Å². The molecule has 0 aliphatic carbocycles. The minimum atomic E-state index is 0.205. The summed E-state index contributed by atoms with van der Waals surface area (Å²) in [6, 6.07) is 2.20. The summed E-state index contributed by atoms with van der Waals surface area (Å²) in [5, 5.41) is 6.50. The highest BCUT2D eigenvalue weighted by Gasteiger charge is 2.16. The molecule has 4 heteroatoms. The Labute approximate surface area is 99.5 Å². The second-order valence-corrected chi connectivity index (χ2v) is 4.93. The number of likely N-dealkylation sites (N-methyl/N-ethyl adjacent to an activating group) is 1. The van der Waals surface area contributed by atoms with Gasteiger partial charge < -0.3 is 9.73 Å². The zero-order valence-electron chi connectivity index (χ0n) is 9.78. The molecular formula is C12H16N2OS. The van der Waals surface area contributed by atoms with Crippen molar-refractivity contribution in [3.05, 3.63) is 39.7 Å². The molecule has 3 nitrogen and oxygen atoms in total. The molecule has 1 unspecified atom stereocenters. The Balaban J connectivity index is 2.15. The molecule has 86 valence electrons. The van der Waals surface area contributed by atoms with E-state index in [2.05, 4.69) is 22.6 Å². The average molecular weight is 236 g/mol. The Hall–Kier alpha value is -1.13. The number of hydrogen-bond acceptors (Lipinski definition) is 4. The largest absolute Gasteiger partial charge is 0.467 e.